The van der Waals surface area contributed by atoms with Crippen molar-refractivity contribution in [1.82, 2.24) is 0 Å². The molecule has 0 fully saturated rings. The fraction of sp³-hybridized carbons (Fsp3) is 0.727. The molecule has 0 aliphatic carbocycles. The maximum atomic E-state index is 9.07. The van der Waals surface area contributed by atoms with Crippen LogP contribution in [0.15, 0.2) is 0 Å². The first-order valence-corrected chi connectivity index (χ1v) is 4.63. The van der Waals surface area contributed by atoms with E-state index in [1.54, 1.807) is 20.8 Å². The van der Waals surface area contributed by atoms with E-state index in [1.807, 2.05) is 6.07 Å². The molecule has 3 heteroatoms. The summed E-state index contributed by atoms with van der Waals surface area (Å²) >= 11 is 0. The van der Waals surface area contributed by atoms with Gasteiger partial charge in [-0.1, -0.05) is 0 Å². The lowest BCUT2D eigenvalue weighted by Gasteiger charge is -2.32. The standard InChI is InChI=1S/C11H15N3/c1-10(2,8-13)11(3,9-14)6-4-5-7-12/h4-6H2,1-3H3. The maximum Gasteiger partial charge on any atom is 0.0726 e. The van der Waals surface area contributed by atoms with Gasteiger partial charge in [0.1, 0.15) is 0 Å². The minimum absolute atomic E-state index is 0.443. The number of hydrogen-bond donors (Lipinski definition) is 0. The Bertz CT molecular complexity index is 311. The zero-order valence-corrected chi connectivity index (χ0v) is 8.96. The SMILES string of the molecule is CC(C)(C#N)C(C)(C#N)CCCC#N. The first-order valence-electron chi connectivity index (χ1n) is 4.63. The first-order chi connectivity index (χ1) is 6.43. The Morgan fingerprint density at radius 2 is 1.57 bits per heavy atom. The van der Waals surface area contributed by atoms with Crippen molar-refractivity contribution < 1.29 is 0 Å². The van der Waals surface area contributed by atoms with Crippen molar-refractivity contribution in [3.63, 3.8) is 0 Å². The number of hydrogen-bond acceptors (Lipinski definition) is 3. The molecule has 0 N–H and O–H groups in total. The molecule has 0 radical (unpaired) electrons. The van der Waals surface area contributed by atoms with E-state index in [0.29, 0.717) is 19.3 Å². The zero-order chi connectivity index (χ0) is 11.2. The Balaban J connectivity index is 4.62. The molecule has 14 heavy (non-hydrogen) atoms. The monoisotopic (exact) mass is 189 g/mol. The van der Waals surface area contributed by atoms with E-state index in [9.17, 15) is 0 Å². The Labute approximate surface area is 85.6 Å². The summed E-state index contributed by atoms with van der Waals surface area (Å²) < 4.78 is 0. The molecule has 0 amide bonds. The highest BCUT2D eigenvalue weighted by Crippen LogP contribution is 2.41. The predicted molar refractivity (Wildman–Crippen MR) is 52.6 cm³/mol. The summed E-state index contributed by atoms with van der Waals surface area (Å²) in [6.07, 6.45) is 1.71. The third kappa shape index (κ3) is 2.48. The average molecular weight is 189 g/mol. The zero-order valence-electron chi connectivity index (χ0n) is 8.96. The first kappa shape index (κ1) is 12.5. The van der Waals surface area contributed by atoms with Gasteiger partial charge in [0.25, 0.3) is 0 Å². The van der Waals surface area contributed by atoms with E-state index < -0.39 is 10.8 Å². The third-order valence-corrected chi connectivity index (χ3v) is 2.87. The number of unbranched alkanes of at least 4 members (excludes halogenated alkanes) is 1. The van der Waals surface area contributed by atoms with Crippen LogP contribution in [0.3, 0.4) is 0 Å². The average Bonchev–Trinajstić information content (AvgIpc) is 2.17. The molecule has 3 nitrogen and oxygen atoms in total. The van der Waals surface area contributed by atoms with Gasteiger partial charge >= 0.3 is 0 Å². The van der Waals surface area contributed by atoms with Gasteiger partial charge in [-0.05, 0) is 33.6 Å². The minimum Gasteiger partial charge on any atom is -0.198 e. The van der Waals surface area contributed by atoms with Crippen molar-refractivity contribution >= 4 is 0 Å². The van der Waals surface area contributed by atoms with Gasteiger partial charge in [0.2, 0.25) is 0 Å². The van der Waals surface area contributed by atoms with Crippen molar-refractivity contribution in [2.75, 3.05) is 0 Å². The van der Waals surface area contributed by atoms with Crippen LogP contribution in [0.1, 0.15) is 40.0 Å². The normalized spacial score (nSPS) is 14.6. The van der Waals surface area contributed by atoms with E-state index >= 15 is 0 Å². The van der Waals surface area contributed by atoms with Gasteiger partial charge in [0, 0.05) is 6.42 Å². The Morgan fingerprint density at radius 3 is 1.93 bits per heavy atom. The van der Waals surface area contributed by atoms with Gasteiger partial charge in [-0.3, -0.25) is 0 Å². The molecule has 1 atom stereocenters. The molecule has 74 valence electrons. The quantitative estimate of drug-likeness (QED) is 0.638. The van der Waals surface area contributed by atoms with Crippen LogP contribution in [-0.2, 0) is 0 Å². The van der Waals surface area contributed by atoms with Gasteiger partial charge in [0.15, 0.2) is 0 Å². The Morgan fingerprint density at radius 1 is 1.00 bits per heavy atom. The van der Waals surface area contributed by atoms with Crippen LogP contribution < -0.4 is 0 Å². The Kier molecular flexibility index (Phi) is 4.13. The second kappa shape index (κ2) is 4.64. The summed E-state index contributed by atoms with van der Waals surface area (Å²) in [4.78, 5) is 0. The minimum atomic E-state index is -0.669. The molecule has 0 saturated carbocycles. The van der Waals surface area contributed by atoms with E-state index in [2.05, 4.69) is 12.1 Å². The molecule has 0 aromatic carbocycles. The van der Waals surface area contributed by atoms with Crippen LogP contribution in [0.2, 0.25) is 0 Å². The van der Waals surface area contributed by atoms with Crippen molar-refractivity contribution in [3.8, 4) is 18.2 Å². The molecule has 0 aliphatic heterocycles. The topological polar surface area (TPSA) is 71.4 Å². The predicted octanol–water partition coefficient (Wildman–Crippen LogP) is 2.76. The molecule has 0 heterocycles. The summed E-state index contributed by atoms with van der Waals surface area (Å²) in [5.41, 5.74) is -1.34. The summed E-state index contributed by atoms with van der Waals surface area (Å²) in [5, 5.41) is 26.4. The summed E-state index contributed by atoms with van der Waals surface area (Å²) in [5.74, 6) is 0. The van der Waals surface area contributed by atoms with E-state index in [0.717, 1.165) is 0 Å². The van der Waals surface area contributed by atoms with Crippen LogP contribution >= 0.6 is 0 Å². The largest absolute Gasteiger partial charge is 0.198 e. The van der Waals surface area contributed by atoms with Crippen LogP contribution in [0, 0.1) is 44.8 Å². The molecule has 0 saturated heterocycles. The fourth-order valence-electron chi connectivity index (χ4n) is 1.15. The number of nitrogens with zero attached hydrogens (tertiary/aromatic N) is 3. The van der Waals surface area contributed by atoms with Gasteiger partial charge < -0.3 is 0 Å². The summed E-state index contributed by atoms with van der Waals surface area (Å²) in [6, 6.07) is 6.39. The maximum absolute atomic E-state index is 9.07. The van der Waals surface area contributed by atoms with Crippen molar-refractivity contribution in [2.24, 2.45) is 10.8 Å². The summed E-state index contributed by atoms with van der Waals surface area (Å²) in [6.45, 7) is 5.32. The van der Waals surface area contributed by atoms with E-state index in [-0.39, 0.29) is 0 Å². The molecule has 0 spiro atoms. The molecular weight excluding hydrogens is 174 g/mol. The molecule has 0 rings (SSSR count). The van der Waals surface area contributed by atoms with Crippen molar-refractivity contribution in [2.45, 2.75) is 40.0 Å². The molecule has 0 aromatic heterocycles. The fourth-order valence-corrected chi connectivity index (χ4v) is 1.15. The smallest absolute Gasteiger partial charge is 0.0726 e. The van der Waals surface area contributed by atoms with Gasteiger partial charge in [-0.25, -0.2) is 0 Å². The molecule has 0 aliphatic rings. The molecular formula is C11H15N3. The second-order valence-electron chi connectivity index (χ2n) is 4.19. The lowest BCUT2D eigenvalue weighted by Crippen LogP contribution is -2.32. The van der Waals surface area contributed by atoms with Crippen LogP contribution in [0.4, 0.5) is 0 Å². The van der Waals surface area contributed by atoms with Crippen LogP contribution in [-0.4, -0.2) is 0 Å². The lowest BCUT2D eigenvalue weighted by molar-refractivity contribution is 0.205. The van der Waals surface area contributed by atoms with Gasteiger partial charge in [-0.15, -0.1) is 0 Å². The van der Waals surface area contributed by atoms with E-state index in [4.69, 9.17) is 15.8 Å². The number of nitriles is 3. The van der Waals surface area contributed by atoms with Crippen molar-refractivity contribution in [1.29, 1.82) is 15.8 Å². The molecule has 1 unspecified atom stereocenters. The third-order valence-electron chi connectivity index (χ3n) is 2.87. The summed E-state index contributed by atoms with van der Waals surface area (Å²) in [7, 11) is 0. The number of rotatable bonds is 4. The molecule has 0 aromatic rings. The lowest BCUT2D eigenvalue weighted by atomic mass is 9.66. The Hall–Kier alpha value is -1.53. The van der Waals surface area contributed by atoms with Crippen LogP contribution in [0.25, 0.3) is 0 Å². The van der Waals surface area contributed by atoms with Crippen LogP contribution in [0.5, 0.6) is 0 Å². The highest BCUT2D eigenvalue weighted by atomic mass is 14.5. The van der Waals surface area contributed by atoms with Crippen molar-refractivity contribution in [3.05, 3.63) is 0 Å². The highest BCUT2D eigenvalue weighted by molar-refractivity contribution is 5.13. The second-order valence-corrected chi connectivity index (χ2v) is 4.19. The molecule has 0 bridgehead atoms. The van der Waals surface area contributed by atoms with E-state index in [1.165, 1.54) is 0 Å². The van der Waals surface area contributed by atoms with Gasteiger partial charge in [0.05, 0.1) is 29.0 Å². The highest BCUT2D eigenvalue weighted by Gasteiger charge is 2.41. The van der Waals surface area contributed by atoms with Gasteiger partial charge in [-0.2, -0.15) is 15.8 Å².